The lowest BCUT2D eigenvalue weighted by Crippen LogP contribution is -2.27. The molecule has 2 aliphatic rings. The molecule has 0 aromatic heterocycles. The van der Waals surface area contributed by atoms with Crippen LogP contribution in [0.25, 0.3) is 0 Å². The van der Waals surface area contributed by atoms with Crippen LogP contribution in [0.4, 0.5) is 0 Å². The Hall–Kier alpha value is -0.300. The quantitative estimate of drug-likeness (QED) is 0.336. The maximum Gasteiger partial charge on any atom is 0.0647 e. The standard InChI is InChI=1S/C22H40O/c1-3-5-7-8-19-9-13-21(14-10-19)22-15-11-20(12-16-22)18-23-17-6-4-2/h4,6,19-22H,3,5,7-18H2,1-2H3. The van der Waals surface area contributed by atoms with Crippen LogP contribution < -0.4 is 0 Å². The second kappa shape index (κ2) is 11.3. The minimum absolute atomic E-state index is 0.804. The Morgan fingerprint density at radius 3 is 2.00 bits per heavy atom. The predicted molar refractivity (Wildman–Crippen MR) is 101 cm³/mol. The van der Waals surface area contributed by atoms with Gasteiger partial charge in [0.1, 0.15) is 0 Å². The molecular weight excluding hydrogens is 280 g/mol. The van der Waals surface area contributed by atoms with Gasteiger partial charge in [-0.2, -0.15) is 0 Å². The Bertz CT molecular complexity index is 306. The van der Waals surface area contributed by atoms with Crippen molar-refractivity contribution in [3.05, 3.63) is 12.2 Å². The summed E-state index contributed by atoms with van der Waals surface area (Å²) in [5.74, 6) is 4.00. The molecule has 1 heteroatoms. The Kier molecular flexibility index (Phi) is 9.34. The van der Waals surface area contributed by atoms with Gasteiger partial charge in [-0.3, -0.25) is 0 Å². The van der Waals surface area contributed by atoms with E-state index in [2.05, 4.69) is 26.0 Å². The van der Waals surface area contributed by atoms with Gasteiger partial charge in [0.25, 0.3) is 0 Å². The lowest BCUT2D eigenvalue weighted by atomic mass is 9.69. The molecule has 0 amide bonds. The molecule has 0 bridgehead atoms. The van der Waals surface area contributed by atoms with Gasteiger partial charge in [0, 0.05) is 6.61 Å². The molecule has 23 heavy (non-hydrogen) atoms. The Labute approximate surface area is 145 Å². The second-order valence-electron chi connectivity index (χ2n) is 8.16. The van der Waals surface area contributed by atoms with Gasteiger partial charge in [0.05, 0.1) is 6.61 Å². The first-order valence-corrected chi connectivity index (χ1v) is 10.5. The van der Waals surface area contributed by atoms with Crippen molar-refractivity contribution in [1.82, 2.24) is 0 Å². The third-order valence-electron chi connectivity index (χ3n) is 6.47. The zero-order valence-electron chi connectivity index (χ0n) is 15.8. The molecule has 0 N–H and O–H groups in total. The lowest BCUT2D eigenvalue weighted by molar-refractivity contribution is 0.0778. The fourth-order valence-electron chi connectivity index (χ4n) is 4.86. The molecule has 0 unspecified atom stereocenters. The van der Waals surface area contributed by atoms with Crippen LogP contribution in [0.1, 0.15) is 90.9 Å². The van der Waals surface area contributed by atoms with Crippen molar-refractivity contribution >= 4 is 0 Å². The molecule has 0 aromatic rings. The zero-order chi connectivity index (χ0) is 16.3. The highest BCUT2D eigenvalue weighted by Gasteiger charge is 2.30. The zero-order valence-corrected chi connectivity index (χ0v) is 15.8. The Morgan fingerprint density at radius 1 is 0.826 bits per heavy atom. The Morgan fingerprint density at radius 2 is 1.43 bits per heavy atom. The van der Waals surface area contributed by atoms with Crippen molar-refractivity contribution in [3.8, 4) is 0 Å². The molecule has 0 spiro atoms. The number of hydrogen-bond acceptors (Lipinski definition) is 1. The minimum Gasteiger partial charge on any atom is -0.377 e. The summed E-state index contributed by atoms with van der Waals surface area (Å²) >= 11 is 0. The summed E-state index contributed by atoms with van der Waals surface area (Å²) in [6.07, 6.45) is 21.9. The van der Waals surface area contributed by atoms with Crippen LogP contribution in [0, 0.1) is 23.7 Å². The van der Waals surface area contributed by atoms with E-state index >= 15 is 0 Å². The highest BCUT2D eigenvalue weighted by Crippen LogP contribution is 2.42. The topological polar surface area (TPSA) is 9.23 Å². The second-order valence-corrected chi connectivity index (χ2v) is 8.16. The molecule has 2 fully saturated rings. The van der Waals surface area contributed by atoms with Crippen LogP contribution in [0.3, 0.4) is 0 Å². The summed E-state index contributed by atoms with van der Waals surface area (Å²) in [7, 11) is 0. The van der Waals surface area contributed by atoms with Crippen molar-refractivity contribution in [2.45, 2.75) is 90.9 Å². The maximum atomic E-state index is 5.77. The molecule has 0 atom stereocenters. The summed E-state index contributed by atoms with van der Waals surface area (Å²) in [6, 6.07) is 0. The average Bonchev–Trinajstić information content (AvgIpc) is 2.60. The third kappa shape index (κ3) is 6.99. The largest absolute Gasteiger partial charge is 0.377 e. The van der Waals surface area contributed by atoms with Gasteiger partial charge >= 0.3 is 0 Å². The van der Waals surface area contributed by atoms with E-state index in [1.54, 1.807) is 0 Å². The molecule has 2 aliphatic carbocycles. The highest BCUT2D eigenvalue weighted by molar-refractivity contribution is 4.82. The smallest absolute Gasteiger partial charge is 0.0647 e. The van der Waals surface area contributed by atoms with Gasteiger partial charge in [0.15, 0.2) is 0 Å². The fraction of sp³-hybridized carbons (Fsp3) is 0.909. The van der Waals surface area contributed by atoms with E-state index in [4.69, 9.17) is 4.74 Å². The molecule has 134 valence electrons. The first-order valence-electron chi connectivity index (χ1n) is 10.5. The normalized spacial score (nSPS) is 32.4. The van der Waals surface area contributed by atoms with Gasteiger partial charge in [-0.1, -0.05) is 57.6 Å². The average molecular weight is 321 g/mol. The monoisotopic (exact) mass is 320 g/mol. The van der Waals surface area contributed by atoms with E-state index < -0.39 is 0 Å². The first-order chi connectivity index (χ1) is 11.3. The van der Waals surface area contributed by atoms with E-state index in [9.17, 15) is 0 Å². The molecular formula is C22H40O. The number of rotatable bonds is 9. The molecule has 0 heterocycles. The van der Waals surface area contributed by atoms with Crippen LogP contribution in [0.2, 0.25) is 0 Å². The van der Waals surface area contributed by atoms with Crippen LogP contribution >= 0.6 is 0 Å². The van der Waals surface area contributed by atoms with E-state index in [0.29, 0.717) is 0 Å². The van der Waals surface area contributed by atoms with Crippen molar-refractivity contribution in [1.29, 1.82) is 0 Å². The summed E-state index contributed by atoms with van der Waals surface area (Å²) in [5.41, 5.74) is 0. The third-order valence-corrected chi connectivity index (χ3v) is 6.47. The van der Waals surface area contributed by atoms with Gasteiger partial charge in [-0.25, -0.2) is 0 Å². The highest BCUT2D eigenvalue weighted by atomic mass is 16.5. The maximum absolute atomic E-state index is 5.77. The predicted octanol–water partition coefficient (Wildman–Crippen LogP) is 6.77. The van der Waals surface area contributed by atoms with Gasteiger partial charge < -0.3 is 4.74 Å². The SMILES string of the molecule is CC=CCOCC1CCC(C2CCC(CCCCC)CC2)CC1. The molecule has 0 aliphatic heterocycles. The van der Waals surface area contributed by atoms with E-state index in [1.165, 1.54) is 77.0 Å². The number of unbranched alkanes of at least 4 members (excludes halogenated alkanes) is 2. The summed E-state index contributed by atoms with van der Waals surface area (Å²) < 4.78 is 5.77. The molecule has 0 aromatic carbocycles. The molecule has 0 saturated heterocycles. The van der Waals surface area contributed by atoms with Crippen LogP contribution in [-0.4, -0.2) is 13.2 Å². The van der Waals surface area contributed by atoms with Gasteiger partial charge in [-0.05, 0) is 69.1 Å². The summed E-state index contributed by atoms with van der Waals surface area (Å²) in [4.78, 5) is 0. The first kappa shape index (κ1) is 19.0. The lowest BCUT2D eigenvalue weighted by Gasteiger charge is -2.38. The fourth-order valence-corrected chi connectivity index (χ4v) is 4.86. The van der Waals surface area contributed by atoms with Crippen molar-refractivity contribution in [3.63, 3.8) is 0 Å². The molecule has 2 saturated carbocycles. The molecule has 1 nitrogen and oxygen atoms in total. The Balaban J connectivity index is 1.57. The van der Waals surface area contributed by atoms with E-state index in [0.717, 1.165) is 36.9 Å². The van der Waals surface area contributed by atoms with Gasteiger partial charge in [-0.15, -0.1) is 0 Å². The van der Waals surface area contributed by atoms with Crippen LogP contribution in [0.15, 0.2) is 12.2 Å². The number of allylic oxidation sites excluding steroid dienone is 1. The number of ether oxygens (including phenoxy) is 1. The summed E-state index contributed by atoms with van der Waals surface area (Å²) in [5, 5.41) is 0. The van der Waals surface area contributed by atoms with Gasteiger partial charge in [0.2, 0.25) is 0 Å². The van der Waals surface area contributed by atoms with Crippen LogP contribution in [0.5, 0.6) is 0 Å². The van der Waals surface area contributed by atoms with Crippen molar-refractivity contribution in [2.24, 2.45) is 23.7 Å². The molecule has 2 rings (SSSR count). The van der Waals surface area contributed by atoms with Crippen LogP contribution in [-0.2, 0) is 4.74 Å². The molecule has 0 radical (unpaired) electrons. The summed E-state index contributed by atoms with van der Waals surface area (Å²) in [6.45, 7) is 6.17. The van der Waals surface area contributed by atoms with Crippen molar-refractivity contribution in [2.75, 3.05) is 13.2 Å². The number of hydrogen-bond donors (Lipinski definition) is 0. The van der Waals surface area contributed by atoms with E-state index in [-0.39, 0.29) is 0 Å². The van der Waals surface area contributed by atoms with E-state index in [1.807, 2.05) is 0 Å². The minimum atomic E-state index is 0.804. The van der Waals surface area contributed by atoms with Crippen molar-refractivity contribution < 1.29 is 4.74 Å².